The first-order valence-corrected chi connectivity index (χ1v) is 7.01. The summed E-state index contributed by atoms with van der Waals surface area (Å²) >= 11 is 1.88. The van der Waals surface area contributed by atoms with Gasteiger partial charge in [0, 0.05) is 11.3 Å². The lowest BCUT2D eigenvalue weighted by Gasteiger charge is -2.25. The summed E-state index contributed by atoms with van der Waals surface area (Å²) < 4.78 is 0. The van der Waals surface area contributed by atoms with Crippen molar-refractivity contribution >= 4 is 16.9 Å². The van der Waals surface area contributed by atoms with E-state index in [-0.39, 0.29) is 0 Å². The molecule has 0 radical (unpaired) electrons. The molecule has 0 aromatic heterocycles. The van der Waals surface area contributed by atoms with Crippen molar-refractivity contribution in [1.82, 2.24) is 10.2 Å². The predicted molar refractivity (Wildman–Crippen MR) is 74.3 cm³/mol. The highest BCUT2D eigenvalue weighted by atomic mass is 32.2. The zero-order chi connectivity index (χ0) is 12.1. The number of nitrogens with one attached hydrogen (secondary N) is 1. The molecule has 3 unspecified atom stereocenters. The third kappa shape index (κ3) is 5.21. The minimum Gasteiger partial charge on any atom is -0.362 e. The highest BCUT2D eigenvalue weighted by Crippen LogP contribution is 2.24. The van der Waals surface area contributed by atoms with Gasteiger partial charge in [-0.2, -0.15) is 0 Å². The molecule has 0 saturated carbocycles. The van der Waals surface area contributed by atoms with E-state index in [0.29, 0.717) is 17.3 Å². The quantitative estimate of drug-likeness (QED) is 0.820. The van der Waals surface area contributed by atoms with Crippen LogP contribution < -0.4 is 5.32 Å². The zero-order valence-electron chi connectivity index (χ0n) is 11.2. The van der Waals surface area contributed by atoms with Crippen LogP contribution in [-0.2, 0) is 0 Å². The molecule has 0 aliphatic carbocycles. The van der Waals surface area contributed by atoms with Gasteiger partial charge in [-0.15, -0.1) is 0 Å². The Hall–Kier alpha value is -0.220. The summed E-state index contributed by atoms with van der Waals surface area (Å²) in [6.45, 7) is 7.83. The van der Waals surface area contributed by atoms with E-state index in [9.17, 15) is 0 Å². The molecule has 1 N–H and O–H groups in total. The van der Waals surface area contributed by atoms with E-state index in [0.717, 1.165) is 18.1 Å². The summed E-state index contributed by atoms with van der Waals surface area (Å²) in [5.74, 6) is 0. The van der Waals surface area contributed by atoms with Crippen molar-refractivity contribution in [2.45, 2.75) is 50.9 Å². The molecule has 1 heterocycles. The van der Waals surface area contributed by atoms with E-state index < -0.39 is 0 Å². The van der Waals surface area contributed by atoms with Crippen molar-refractivity contribution in [1.29, 1.82) is 0 Å². The second kappa shape index (κ2) is 6.50. The van der Waals surface area contributed by atoms with E-state index in [1.54, 1.807) is 0 Å². The molecule has 1 aliphatic rings. The molecular formula is C12H25N3S. The molecule has 0 fully saturated rings. The van der Waals surface area contributed by atoms with E-state index in [2.05, 4.69) is 50.1 Å². The normalized spacial score (nSPS) is 27.8. The molecule has 0 aromatic rings. The predicted octanol–water partition coefficient (Wildman–Crippen LogP) is 2.19. The van der Waals surface area contributed by atoms with Crippen LogP contribution in [-0.4, -0.2) is 48.0 Å². The standard InChI is InChI=1S/C12H25N3S/c1-9(6-7-15(4)5)13-12-14-10(2)8-11(3)16-12/h9-11H,6-8H2,1-5H3,(H,13,14). The highest BCUT2D eigenvalue weighted by molar-refractivity contribution is 8.14. The third-order valence-electron chi connectivity index (χ3n) is 2.70. The average Bonchev–Trinajstić information content (AvgIpc) is 2.12. The lowest BCUT2D eigenvalue weighted by Crippen LogP contribution is -2.36. The maximum atomic E-state index is 4.65. The van der Waals surface area contributed by atoms with Gasteiger partial charge in [-0.1, -0.05) is 18.7 Å². The number of thioether (sulfide) groups is 1. The number of aliphatic imine (C=N–C) groups is 1. The van der Waals surface area contributed by atoms with Crippen molar-refractivity contribution in [3.63, 3.8) is 0 Å². The molecular weight excluding hydrogens is 218 g/mol. The van der Waals surface area contributed by atoms with Crippen LogP contribution in [0.5, 0.6) is 0 Å². The molecule has 1 aliphatic heterocycles. The van der Waals surface area contributed by atoms with Crippen LogP contribution >= 0.6 is 11.8 Å². The lowest BCUT2D eigenvalue weighted by atomic mass is 10.2. The van der Waals surface area contributed by atoms with Crippen molar-refractivity contribution in [3.8, 4) is 0 Å². The SMILES string of the molecule is CC1CC(C)SC(NC(C)CCN(C)C)=N1. The summed E-state index contributed by atoms with van der Waals surface area (Å²) in [6.07, 6.45) is 2.36. The Morgan fingerprint density at radius 3 is 2.75 bits per heavy atom. The largest absolute Gasteiger partial charge is 0.362 e. The topological polar surface area (TPSA) is 27.6 Å². The summed E-state index contributed by atoms with van der Waals surface area (Å²) in [5, 5.41) is 5.35. The Bertz CT molecular complexity index is 240. The Morgan fingerprint density at radius 2 is 2.19 bits per heavy atom. The smallest absolute Gasteiger partial charge is 0.157 e. The van der Waals surface area contributed by atoms with Crippen molar-refractivity contribution < 1.29 is 0 Å². The van der Waals surface area contributed by atoms with E-state index >= 15 is 0 Å². The van der Waals surface area contributed by atoms with Gasteiger partial charge >= 0.3 is 0 Å². The van der Waals surface area contributed by atoms with Gasteiger partial charge in [0.2, 0.25) is 0 Å². The molecule has 0 spiro atoms. The second-order valence-electron chi connectivity index (χ2n) is 5.08. The Morgan fingerprint density at radius 1 is 1.50 bits per heavy atom. The van der Waals surface area contributed by atoms with Crippen LogP contribution in [0.3, 0.4) is 0 Å². The van der Waals surface area contributed by atoms with E-state index in [1.807, 2.05) is 11.8 Å². The van der Waals surface area contributed by atoms with Crippen LogP contribution in [0.25, 0.3) is 0 Å². The number of rotatable bonds is 4. The van der Waals surface area contributed by atoms with Gasteiger partial charge in [0.1, 0.15) is 0 Å². The molecule has 1 rings (SSSR count). The van der Waals surface area contributed by atoms with Gasteiger partial charge in [0.25, 0.3) is 0 Å². The zero-order valence-corrected chi connectivity index (χ0v) is 12.0. The van der Waals surface area contributed by atoms with Crippen LogP contribution in [0.15, 0.2) is 4.99 Å². The molecule has 4 heteroatoms. The number of amidine groups is 1. The van der Waals surface area contributed by atoms with Gasteiger partial charge in [-0.25, -0.2) is 0 Å². The van der Waals surface area contributed by atoms with Gasteiger partial charge < -0.3 is 10.2 Å². The van der Waals surface area contributed by atoms with Crippen molar-refractivity contribution in [2.24, 2.45) is 4.99 Å². The van der Waals surface area contributed by atoms with Crippen LogP contribution in [0.4, 0.5) is 0 Å². The van der Waals surface area contributed by atoms with Crippen molar-refractivity contribution in [3.05, 3.63) is 0 Å². The van der Waals surface area contributed by atoms with Crippen LogP contribution in [0, 0.1) is 0 Å². The fourth-order valence-electron chi connectivity index (χ4n) is 1.81. The first-order valence-electron chi connectivity index (χ1n) is 6.13. The van der Waals surface area contributed by atoms with Crippen molar-refractivity contribution in [2.75, 3.05) is 20.6 Å². The third-order valence-corrected chi connectivity index (χ3v) is 3.74. The van der Waals surface area contributed by atoms with Gasteiger partial charge in [-0.05, 0) is 47.3 Å². The molecule has 16 heavy (non-hydrogen) atoms. The summed E-state index contributed by atoms with van der Waals surface area (Å²) in [6, 6.07) is 0.978. The fraction of sp³-hybridized carbons (Fsp3) is 0.917. The number of hydrogen-bond donors (Lipinski definition) is 1. The first kappa shape index (κ1) is 13.8. The van der Waals surface area contributed by atoms with Crippen LogP contribution in [0.1, 0.15) is 33.6 Å². The number of hydrogen-bond acceptors (Lipinski definition) is 4. The maximum absolute atomic E-state index is 4.65. The number of nitrogens with zero attached hydrogens (tertiary/aromatic N) is 2. The van der Waals surface area contributed by atoms with E-state index in [4.69, 9.17) is 0 Å². The Labute approximate surface area is 104 Å². The first-order chi connectivity index (χ1) is 7.47. The molecule has 0 aromatic carbocycles. The molecule has 0 bridgehead atoms. The Balaban J connectivity index is 2.35. The lowest BCUT2D eigenvalue weighted by molar-refractivity contribution is 0.379. The summed E-state index contributed by atoms with van der Waals surface area (Å²) in [5.41, 5.74) is 0. The average molecular weight is 243 g/mol. The minimum atomic E-state index is 0.472. The molecule has 3 nitrogen and oxygen atoms in total. The molecule has 0 saturated heterocycles. The monoisotopic (exact) mass is 243 g/mol. The van der Waals surface area contributed by atoms with E-state index in [1.165, 1.54) is 6.42 Å². The minimum absolute atomic E-state index is 0.472. The van der Waals surface area contributed by atoms with Gasteiger partial charge in [0.05, 0.1) is 6.04 Å². The second-order valence-corrected chi connectivity index (χ2v) is 6.51. The highest BCUT2D eigenvalue weighted by Gasteiger charge is 2.19. The molecule has 94 valence electrons. The van der Waals surface area contributed by atoms with Gasteiger partial charge in [0.15, 0.2) is 5.17 Å². The molecule has 0 amide bonds. The maximum Gasteiger partial charge on any atom is 0.157 e. The fourth-order valence-corrected chi connectivity index (χ4v) is 3.07. The van der Waals surface area contributed by atoms with Crippen LogP contribution in [0.2, 0.25) is 0 Å². The summed E-state index contributed by atoms with van der Waals surface area (Å²) in [7, 11) is 4.23. The summed E-state index contributed by atoms with van der Waals surface area (Å²) in [4.78, 5) is 6.88. The van der Waals surface area contributed by atoms with Gasteiger partial charge in [-0.3, -0.25) is 4.99 Å². The Kier molecular flexibility index (Phi) is 5.62. The molecule has 3 atom stereocenters.